The second-order valence-electron chi connectivity index (χ2n) is 6.43. The quantitative estimate of drug-likeness (QED) is 0.415. The van der Waals surface area contributed by atoms with Gasteiger partial charge in [-0.05, 0) is 49.8 Å². The number of fused-ring (bicyclic) bond motifs is 1. The van der Waals surface area contributed by atoms with E-state index in [1.165, 1.54) is 37.4 Å². The molecule has 1 aromatic carbocycles. The van der Waals surface area contributed by atoms with Gasteiger partial charge in [-0.25, -0.2) is 9.78 Å². The zero-order valence-electron chi connectivity index (χ0n) is 16.2. The summed E-state index contributed by atoms with van der Waals surface area (Å²) in [7, 11) is 0. The summed E-state index contributed by atoms with van der Waals surface area (Å²) in [5.74, 6) is -3.10. The standard InChI is InChI=1S/C21H21F2N3O3/c1-4-28-20(27)19-17-13-26(25-18(17)9-10-24-19)11-12-29-16-7-5-15(6-8-16)21(22,23)14(2)3/h5-10,13H,2,4,11-12H2,1,3H3. The molecule has 152 valence electrons. The number of carbonyl (C=O) groups excluding carboxylic acids is 1. The molecule has 0 aliphatic rings. The number of ether oxygens (including phenoxy) is 2. The maximum atomic E-state index is 13.9. The third kappa shape index (κ3) is 4.42. The van der Waals surface area contributed by atoms with E-state index >= 15 is 0 Å². The topological polar surface area (TPSA) is 66.2 Å². The number of esters is 1. The Morgan fingerprint density at radius 3 is 2.62 bits per heavy atom. The minimum absolute atomic E-state index is 0.130. The van der Waals surface area contributed by atoms with E-state index in [0.717, 1.165) is 0 Å². The molecule has 3 rings (SSSR count). The minimum atomic E-state index is -3.07. The second-order valence-corrected chi connectivity index (χ2v) is 6.43. The van der Waals surface area contributed by atoms with Crippen LogP contribution in [-0.4, -0.2) is 33.9 Å². The molecular formula is C21H21F2N3O3. The lowest BCUT2D eigenvalue weighted by Crippen LogP contribution is -2.14. The summed E-state index contributed by atoms with van der Waals surface area (Å²) in [6.07, 6.45) is 3.21. The first-order valence-electron chi connectivity index (χ1n) is 9.09. The van der Waals surface area contributed by atoms with E-state index in [1.807, 2.05) is 0 Å². The summed E-state index contributed by atoms with van der Waals surface area (Å²) in [5.41, 5.74) is 0.489. The van der Waals surface area contributed by atoms with Crippen LogP contribution in [0.4, 0.5) is 8.78 Å². The van der Waals surface area contributed by atoms with Gasteiger partial charge >= 0.3 is 5.97 Å². The molecule has 0 fully saturated rings. The summed E-state index contributed by atoms with van der Waals surface area (Å²) in [6.45, 7) is 7.28. The van der Waals surface area contributed by atoms with Crippen molar-refractivity contribution in [2.24, 2.45) is 0 Å². The van der Waals surface area contributed by atoms with Crippen LogP contribution in [0.3, 0.4) is 0 Å². The third-order valence-corrected chi connectivity index (χ3v) is 4.29. The number of alkyl halides is 2. The van der Waals surface area contributed by atoms with E-state index < -0.39 is 11.9 Å². The largest absolute Gasteiger partial charge is 0.492 e. The Hall–Kier alpha value is -3.29. The first-order valence-corrected chi connectivity index (χ1v) is 9.09. The molecule has 0 saturated heterocycles. The van der Waals surface area contributed by atoms with Crippen molar-refractivity contribution in [3.63, 3.8) is 0 Å². The first kappa shape index (κ1) is 20.4. The number of hydrogen-bond donors (Lipinski definition) is 0. The number of aromatic nitrogens is 3. The van der Waals surface area contributed by atoms with Gasteiger partial charge in [0, 0.05) is 18.0 Å². The molecule has 29 heavy (non-hydrogen) atoms. The number of carbonyl (C=O) groups is 1. The van der Waals surface area contributed by atoms with Crippen molar-refractivity contribution >= 4 is 16.9 Å². The molecule has 0 aliphatic heterocycles. The molecule has 0 aliphatic carbocycles. The average Bonchev–Trinajstić information content (AvgIpc) is 3.11. The summed E-state index contributed by atoms with van der Waals surface area (Å²) in [4.78, 5) is 16.1. The van der Waals surface area contributed by atoms with Crippen LogP contribution in [0, 0.1) is 0 Å². The van der Waals surface area contributed by atoms with Crippen LogP contribution in [0.1, 0.15) is 29.9 Å². The van der Waals surface area contributed by atoms with Gasteiger partial charge in [0.2, 0.25) is 0 Å². The summed E-state index contributed by atoms with van der Waals surface area (Å²) < 4.78 is 40.1. The Kier molecular flexibility index (Phi) is 5.91. The molecule has 0 unspecified atom stereocenters. The zero-order chi connectivity index (χ0) is 21.0. The van der Waals surface area contributed by atoms with E-state index in [-0.39, 0.29) is 30.0 Å². The van der Waals surface area contributed by atoms with Crippen molar-refractivity contribution in [1.82, 2.24) is 14.8 Å². The van der Waals surface area contributed by atoms with Gasteiger partial charge < -0.3 is 9.47 Å². The second kappa shape index (κ2) is 8.38. The highest BCUT2D eigenvalue weighted by atomic mass is 19.3. The molecule has 0 radical (unpaired) electrons. The van der Waals surface area contributed by atoms with Crippen molar-refractivity contribution in [1.29, 1.82) is 0 Å². The number of halogens is 2. The Morgan fingerprint density at radius 1 is 1.24 bits per heavy atom. The maximum Gasteiger partial charge on any atom is 0.357 e. The van der Waals surface area contributed by atoms with E-state index in [9.17, 15) is 13.6 Å². The minimum Gasteiger partial charge on any atom is -0.492 e. The number of pyridine rings is 1. The SMILES string of the molecule is C=C(C)C(F)(F)c1ccc(OCCn2cc3c(C(=O)OCC)nccc3n2)cc1. The smallest absolute Gasteiger partial charge is 0.357 e. The molecule has 3 aromatic rings. The van der Waals surface area contributed by atoms with Crippen LogP contribution in [0.15, 0.2) is 54.9 Å². The van der Waals surface area contributed by atoms with Gasteiger partial charge in [0.15, 0.2) is 5.69 Å². The van der Waals surface area contributed by atoms with Crippen LogP contribution in [0.5, 0.6) is 5.75 Å². The maximum absolute atomic E-state index is 13.9. The van der Waals surface area contributed by atoms with Crippen LogP contribution in [-0.2, 0) is 17.2 Å². The van der Waals surface area contributed by atoms with Gasteiger partial charge in [-0.3, -0.25) is 4.68 Å². The first-order chi connectivity index (χ1) is 13.8. The van der Waals surface area contributed by atoms with Gasteiger partial charge in [0.1, 0.15) is 12.4 Å². The molecule has 0 saturated carbocycles. The summed E-state index contributed by atoms with van der Waals surface area (Å²) >= 11 is 0. The molecule has 0 N–H and O–H groups in total. The van der Waals surface area contributed by atoms with Crippen molar-refractivity contribution in [2.45, 2.75) is 26.3 Å². The Labute approximate surface area is 166 Å². The van der Waals surface area contributed by atoms with Gasteiger partial charge in [-0.1, -0.05) is 6.58 Å². The van der Waals surface area contributed by atoms with Crippen molar-refractivity contribution in [2.75, 3.05) is 13.2 Å². The molecule has 0 atom stereocenters. The van der Waals surface area contributed by atoms with Gasteiger partial charge in [0.25, 0.3) is 5.92 Å². The van der Waals surface area contributed by atoms with Crippen LogP contribution in [0.2, 0.25) is 0 Å². The number of nitrogens with zero attached hydrogens (tertiary/aromatic N) is 3. The number of allylic oxidation sites excluding steroid dienone is 1. The fourth-order valence-corrected chi connectivity index (χ4v) is 2.73. The fourth-order valence-electron chi connectivity index (χ4n) is 2.73. The number of rotatable bonds is 8. The molecule has 6 nitrogen and oxygen atoms in total. The zero-order valence-corrected chi connectivity index (χ0v) is 16.2. The van der Waals surface area contributed by atoms with E-state index in [2.05, 4.69) is 16.7 Å². The van der Waals surface area contributed by atoms with Gasteiger partial charge in [-0.15, -0.1) is 0 Å². The van der Waals surface area contributed by atoms with Gasteiger partial charge in [-0.2, -0.15) is 13.9 Å². The van der Waals surface area contributed by atoms with Crippen LogP contribution < -0.4 is 4.74 Å². The van der Waals surface area contributed by atoms with Crippen molar-refractivity contribution in [3.8, 4) is 5.75 Å². The van der Waals surface area contributed by atoms with E-state index in [4.69, 9.17) is 9.47 Å². The highest BCUT2D eigenvalue weighted by molar-refractivity contribution is 6.01. The predicted octanol–water partition coefficient (Wildman–Crippen LogP) is 4.35. The Balaban J connectivity index is 1.65. The predicted molar refractivity (Wildman–Crippen MR) is 104 cm³/mol. The molecule has 8 heteroatoms. The average molecular weight is 401 g/mol. The molecule has 0 amide bonds. The van der Waals surface area contributed by atoms with Crippen molar-refractivity contribution in [3.05, 3.63) is 66.1 Å². The van der Waals surface area contributed by atoms with E-state index in [0.29, 0.717) is 23.2 Å². The number of benzene rings is 1. The van der Waals surface area contributed by atoms with Gasteiger partial charge in [0.05, 0.1) is 24.1 Å². The summed E-state index contributed by atoms with van der Waals surface area (Å²) in [5, 5.41) is 4.99. The molecule has 0 spiro atoms. The highest BCUT2D eigenvalue weighted by Gasteiger charge is 2.32. The third-order valence-electron chi connectivity index (χ3n) is 4.29. The fraction of sp³-hybridized carbons (Fsp3) is 0.286. The Morgan fingerprint density at radius 2 is 1.97 bits per heavy atom. The number of hydrogen-bond acceptors (Lipinski definition) is 5. The lowest BCUT2D eigenvalue weighted by Gasteiger charge is -2.17. The van der Waals surface area contributed by atoms with E-state index in [1.54, 1.807) is 23.9 Å². The molecule has 2 heterocycles. The van der Waals surface area contributed by atoms with Crippen LogP contribution in [0.25, 0.3) is 10.9 Å². The highest BCUT2D eigenvalue weighted by Crippen LogP contribution is 2.35. The Bertz CT molecular complexity index is 1030. The molecular weight excluding hydrogens is 380 g/mol. The monoisotopic (exact) mass is 401 g/mol. The summed E-state index contributed by atoms with van der Waals surface area (Å²) in [6, 6.07) is 7.34. The lowest BCUT2D eigenvalue weighted by atomic mass is 10.0. The normalized spacial score (nSPS) is 11.4. The van der Waals surface area contributed by atoms with Crippen molar-refractivity contribution < 1.29 is 23.0 Å². The molecule has 0 bridgehead atoms. The molecule has 2 aromatic heterocycles. The lowest BCUT2D eigenvalue weighted by molar-refractivity contribution is 0.0385. The van der Waals surface area contributed by atoms with Crippen LogP contribution >= 0.6 is 0 Å².